The third-order valence-corrected chi connectivity index (χ3v) is 4.74. The van der Waals surface area contributed by atoms with Crippen LogP contribution in [-0.2, 0) is 16.6 Å². The molecule has 0 spiro atoms. The Morgan fingerprint density at radius 1 is 1.29 bits per heavy atom. The monoisotopic (exact) mass is 370 g/mol. The second-order valence-corrected chi connectivity index (χ2v) is 6.79. The SMILES string of the molecule is CCOc1cc(S(=O)(=O)NCc2ccccn2)ccc1Br. The maximum atomic E-state index is 12.3. The van der Waals surface area contributed by atoms with Crippen LogP contribution in [0, 0.1) is 0 Å². The zero-order valence-electron chi connectivity index (χ0n) is 11.4. The van der Waals surface area contributed by atoms with Gasteiger partial charge >= 0.3 is 0 Å². The molecule has 0 atom stereocenters. The third kappa shape index (κ3) is 4.26. The number of sulfonamides is 1. The van der Waals surface area contributed by atoms with Crippen LogP contribution in [0.1, 0.15) is 12.6 Å². The molecule has 0 aliphatic heterocycles. The third-order valence-electron chi connectivity index (χ3n) is 2.68. The number of hydrogen-bond acceptors (Lipinski definition) is 4. The van der Waals surface area contributed by atoms with Crippen molar-refractivity contribution in [2.75, 3.05) is 6.61 Å². The molecule has 1 aromatic heterocycles. The van der Waals surface area contributed by atoms with Gasteiger partial charge in [-0.05, 0) is 47.1 Å². The molecule has 2 rings (SSSR count). The first-order valence-corrected chi connectivity index (χ1v) is 8.62. The Morgan fingerprint density at radius 3 is 2.76 bits per heavy atom. The van der Waals surface area contributed by atoms with Crippen LogP contribution >= 0.6 is 15.9 Å². The summed E-state index contributed by atoms with van der Waals surface area (Å²) in [4.78, 5) is 4.23. The molecular formula is C14H15BrN2O3S. The van der Waals surface area contributed by atoms with Crippen molar-refractivity contribution in [1.82, 2.24) is 9.71 Å². The standard InChI is InChI=1S/C14H15BrN2O3S/c1-2-20-14-9-12(6-7-13(14)15)21(18,19)17-10-11-5-3-4-8-16-11/h3-9,17H,2,10H2,1H3. The summed E-state index contributed by atoms with van der Waals surface area (Å²) >= 11 is 3.32. The van der Waals surface area contributed by atoms with Crippen LogP contribution in [0.4, 0.5) is 0 Å². The lowest BCUT2D eigenvalue weighted by atomic mass is 10.3. The number of halogens is 1. The van der Waals surface area contributed by atoms with Gasteiger partial charge in [0.2, 0.25) is 10.0 Å². The van der Waals surface area contributed by atoms with Gasteiger partial charge in [0.1, 0.15) is 5.75 Å². The normalized spacial score (nSPS) is 11.3. The number of ether oxygens (including phenoxy) is 1. The van der Waals surface area contributed by atoms with E-state index in [2.05, 4.69) is 25.6 Å². The summed E-state index contributed by atoms with van der Waals surface area (Å²) in [6.45, 7) is 2.44. The van der Waals surface area contributed by atoms with E-state index in [4.69, 9.17) is 4.74 Å². The van der Waals surface area contributed by atoms with E-state index < -0.39 is 10.0 Å². The molecule has 0 radical (unpaired) electrons. The number of hydrogen-bond donors (Lipinski definition) is 1. The Balaban J connectivity index is 2.17. The number of rotatable bonds is 6. The lowest BCUT2D eigenvalue weighted by Gasteiger charge is -2.10. The molecule has 0 saturated carbocycles. The largest absolute Gasteiger partial charge is 0.493 e. The summed E-state index contributed by atoms with van der Waals surface area (Å²) in [5.74, 6) is 0.498. The molecule has 0 aliphatic rings. The molecule has 0 aliphatic carbocycles. The minimum atomic E-state index is -3.61. The van der Waals surface area contributed by atoms with Crippen LogP contribution in [0.3, 0.4) is 0 Å². The summed E-state index contributed by atoms with van der Waals surface area (Å²) in [6.07, 6.45) is 1.62. The van der Waals surface area contributed by atoms with Gasteiger partial charge in [0.05, 0.1) is 28.2 Å². The zero-order valence-corrected chi connectivity index (χ0v) is 13.8. The second kappa shape index (κ2) is 7.02. The molecule has 1 heterocycles. The molecule has 21 heavy (non-hydrogen) atoms. The van der Waals surface area contributed by atoms with Gasteiger partial charge in [0.15, 0.2) is 0 Å². The van der Waals surface area contributed by atoms with E-state index in [0.717, 1.165) is 0 Å². The first-order valence-electron chi connectivity index (χ1n) is 6.35. The first kappa shape index (κ1) is 15.9. The molecule has 0 saturated heterocycles. The Hall–Kier alpha value is -1.44. The Morgan fingerprint density at radius 2 is 2.10 bits per heavy atom. The molecule has 0 bridgehead atoms. The van der Waals surface area contributed by atoms with Gasteiger partial charge in [-0.1, -0.05) is 6.07 Å². The topological polar surface area (TPSA) is 68.3 Å². The van der Waals surface area contributed by atoms with Gasteiger partial charge < -0.3 is 4.74 Å². The molecule has 2 aromatic rings. The highest BCUT2D eigenvalue weighted by Crippen LogP contribution is 2.27. The fraction of sp³-hybridized carbons (Fsp3) is 0.214. The van der Waals surface area contributed by atoms with Crippen LogP contribution < -0.4 is 9.46 Å². The van der Waals surface area contributed by atoms with Gasteiger partial charge in [-0.2, -0.15) is 0 Å². The smallest absolute Gasteiger partial charge is 0.241 e. The number of benzene rings is 1. The van der Waals surface area contributed by atoms with E-state index in [1.54, 1.807) is 24.4 Å². The first-order chi connectivity index (χ1) is 10.0. The predicted octanol–water partition coefficient (Wildman–Crippen LogP) is 2.72. The van der Waals surface area contributed by atoms with Crippen molar-refractivity contribution in [3.05, 3.63) is 52.8 Å². The minimum Gasteiger partial charge on any atom is -0.493 e. The highest BCUT2D eigenvalue weighted by molar-refractivity contribution is 9.10. The van der Waals surface area contributed by atoms with E-state index >= 15 is 0 Å². The van der Waals surface area contributed by atoms with Gasteiger partial charge in [0.25, 0.3) is 0 Å². The fourth-order valence-corrected chi connectivity index (χ4v) is 3.05. The molecule has 1 aromatic carbocycles. The van der Waals surface area contributed by atoms with Crippen molar-refractivity contribution in [2.45, 2.75) is 18.4 Å². The zero-order chi connectivity index (χ0) is 15.3. The van der Waals surface area contributed by atoms with Crippen LogP contribution in [0.25, 0.3) is 0 Å². The number of aromatic nitrogens is 1. The van der Waals surface area contributed by atoms with Crippen molar-refractivity contribution < 1.29 is 13.2 Å². The van der Waals surface area contributed by atoms with E-state index in [1.807, 2.05) is 13.0 Å². The second-order valence-electron chi connectivity index (χ2n) is 4.17. The molecule has 1 N–H and O–H groups in total. The van der Waals surface area contributed by atoms with Crippen molar-refractivity contribution >= 4 is 26.0 Å². The van der Waals surface area contributed by atoms with Crippen LogP contribution in [0.15, 0.2) is 52.0 Å². The summed E-state index contributed by atoms with van der Waals surface area (Å²) in [7, 11) is -3.61. The van der Waals surface area contributed by atoms with Crippen LogP contribution in [0.2, 0.25) is 0 Å². The van der Waals surface area contributed by atoms with Gasteiger partial charge in [-0.15, -0.1) is 0 Å². The highest BCUT2D eigenvalue weighted by Gasteiger charge is 2.16. The highest BCUT2D eigenvalue weighted by atomic mass is 79.9. The number of nitrogens with zero attached hydrogens (tertiary/aromatic N) is 1. The number of pyridine rings is 1. The lowest BCUT2D eigenvalue weighted by molar-refractivity contribution is 0.337. The Labute approximate surface area is 132 Å². The van der Waals surface area contributed by atoms with Crippen LogP contribution in [-0.4, -0.2) is 20.0 Å². The summed E-state index contributed by atoms with van der Waals surface area (Å²) in [5, 5.41) is 0. The Kier molecular flexibility index (Phi) is 5.33. The summed E-state index contributed by atoms with van der Waals surface area (Å²) in [6, 6.07) is 10.0. The minimum absolute atomic E-state index is 0.142. The Bertz CT molecular complexity index is 705. The molecular weight excluding hydrogens is 356 g/mol. The predicted molar refractivity (Wildman–Crippen MR) is 83.6 cm³/mol. The summed E-state index contributed by atoms with van der Waals surface area (Å²) < 4.78 is 33.1. The summed E-state index contributed by atoms with van der Waals surface area (Å²) in [5.41, 5.74) is 0.656. The molecule has 0 unspecified atom stereocenters. The van der Waals surface area contributed by atoms with E-state index in [-0.39, 0.29) is 11.4 Å². The van der Waals surface area contributed by atoms with E-state index in [0.29, 0.717) is 22.5 Å². The quantitative estimate of drug-likeness (QED) is 0.848. The van der Waals surface area contributed by atoms with Crippen molar-refractivity contribution in [2.24, 2.45) is 0 Å². The molecule has 112 valence electrons. The molecule has 0 amide bonds. The van der Waals surface area contributed by atoms with Gasteiger partial charge in [-0.25, -0.2) is 13.1 Å². The van der Waals surface area contributed by atoms with Crippen molar-refractivity contribution in [3.63, 3.8) is 0 Å². The fourth-order valence-electron chi connectivity index (χ4n) is 1.67. The van der Waals surface area contributed by atoms with E-state index in [9.17, 15) is 8.42 Å². The molecule has 7 heteroatoms. The molecule has 5 nitrogen and oxygen atoms in total. The van der Waals surface area contributed by atoms with Crippen molar-refractivity contribution in [1.29, 1.82) is 0 Å². The average molecular weight is 371 g/mol. The number of nitrogens with one attached hydrogen (secondary N) is 1. The molecule has 0 fully saturated rings. The lowest BCUT2D eigenvalue weighted by Crippen LogP contribution is -2.23. The maximum absolute atomic E-state index is 12.3. The van der Waals surface area contributed by atoms with Gasteiger partial charge in [0, 0.05) is 12.3 Å². The van der Waals surface area contributed by atoms with E-state index in [1.165, 1.54) is 12.1 Å². The van der Waals surface area contributed by atoms with Gasteiger partial charge in [-0.3, -0.25) is 4.98 Å². The van der Waals surface area contributed by atoms with Crippen LogP contribution in [0.5, 0.6) is 5.75 Å². The van der Waals surface area contributed by atoms with Crippen molar-refractivity contribution in [3.8, 4) is 5.75 Å². The average Bonchev–Trinajstić information content (AvgIpc) is 2.49. The maximum Gasteiger partial charge on any atom is 0.241 e.